The zero-order valence-corrected chi connectivity index (χ0v) is 14.5. The minimum Gasteiger partial charge on any atom is -0.367 e. The van der Waals surface area contributed by atoms with Crippen LogP contribution >= 0.6 is 0 Å². The van der Waals surface area contributed by atoms with Crippen LogP contribution in [0.3, 0.4) is 0 Å². The molecule has 6 heteroatoms. The number of anilines is 2. The maximum Gasteiger partial charge on any atom is 0.257 e. The van der Waals surface area contributed by atoms with Crippen LogP contribution in [-0.4, -0.2) is 48.4 Å². The molecule has 0 aliphatic carbocycles. The number of para-hydroxylation sites is 1. The van der Waals surface area contributed by atoms with Crippen molar-refractivity contribution in [1.82, 2.24) is 9.88 Å². The summed E-state index contributed by atoms with van der Waals surface area (Å²) < 4.78 is 0. The molecule has 1 aliphatic heterocycles. The zero-order valence-electron chi connectivity index (χ0n) is 14.5. The molecule has 0 unspecified atom stereocenters. The summed E-state index contributed by atoms with van der Waals surface area (Å²) in [7, 11) is 0. The first-order valence-corrected chi connectivity index (χ1v) is 8.35. The van der Waals surface area contributed by atoms with Crippen molar-refractivity contribution >= 4 is 23.7 Å². The smallest absolute Gasteiger partial charge is 0.257 e. The van der Waals surface area contributed by atoms with Crippen LogP contribution in [0.5, 0.6) is 0 Å². The minimum absolute atomic E-state index is 0.168. The third-order valence-corrected chi connectivity index (χ3v) is 4.53. The molecule has 2 amide bonds. The van der Waals surface area contributed by atoms with Gasteiger partial charge in [0.2, 0.25) is 6.41 Å². The number of hydrogen-bond donors (Lipinski definition) is 1. The fraction of sp³-hybridized carbons (Fsp3) is 0.316. The highest BCUT2D eigenvalue weighted by atomic mass is 16.1. The van der Waals surface area contributed by atoms with E-state index in [0.29, 0.717) is 18.7 Å². The highest BCUT2D eigenvalue weighted by molar-refractivity contribution is 6.05. The Morgan fingerprint density at radius 2 is 1.80 bits per heavy atom. The second kappa shape index (κ2) is 7.34. The molecule has 1 aromatic carbocycles. The average molecular weight is 338 g/mol. The first kappa shape index (κ1) is 17.0. The predicted octanol–water partition coefficient (Wildman–Crippen LogP) is 2.23. The summed E-state index contributed by atoms with van der Waals surface area (Å²) in [6, 6.07) is 7.78. The Balaban J connectivity index is 1.75. The van der Waals surface area contributed by atoms with E-state index >= 15 is 0 Å². The summed E-state index contributed by atoms with van der Waals surface area (Å²) in [5.74, 6) is -0.168. The van der Waals surface area contributed by atoms with Gasteiger partial charge in [-0.2, -0.15) is 0 Å². The lowest BCUT2D eigenvalue weighted by Gasteiger charge is -2.34. The highest BCUT2D eigenvalue weighted by Gasteiger charge is 2.17. The Kier molecular flexibility index (Phi) is 4.97. The van der Waals surface area contributed by atoms with E-state index in [4.69, 9.17) is 0 Å². The Morgan fingerprint density at radius 1 is 1.12 bits per heavy atom. The van der Waals surface area contributed by atoms with Crippen LogP contribution in [0.1, 0.15) is 21.5 Å². The third kappa shape index (κ3) is 3.79. The van der Waals surface area contributed by atoms with Gasteiger partial charge < -0.3 is 15.1 Å². The van der Waals surface area contributed by atoms with Crippen LogP contribution in [0.25, 0.3) is 0 Å². The summed E-state index contributed by atoms with van der Waals surface area (Å²) in [6.45, 7) is 6.79. The van der Waals surface area contributed by atoms with Crippen LogP contribution in [0.15, 0.2) is 36.7 Å². The maximum absolute atomic E-state index is 12.6. The van der Waals surface area contributed by atoms with Gasteiger partial charge in [0, 0.05) is 38.1 Å². The van der Waals surface area contributed by atoms with Gasteiger partial charge in [-0.25, -0.2) is 0 Å². The van der Waals surface area contributed by atoms with E-state index in [-0.39, 0.29) is 5.91 Å². The minimum atomic E-state index is -0.168. The SMILES string of the molecule is Cc1cccc(C)c1NC(=O)c1cncc(N2CCN(C=O)CC2)c1. The number of benzene rings is 1. The second-order valence-electron chi connectivity index (χ2n) is 6.28. The predicted molar refractivity (Wildman–Crippen MR) is 98.0 cm³/mol. The third-order valence-electron chi connectivity index (χ3n) is 4.53. The molecule has 3 rings (SSSR count). The summed E-state index contributed by atoms with van der Waals surface area (Å²) >= 11 is 0. The molecule has 0 bridgehead atoms. The van der Waals surface area contributed by atoms with Crippen LogP contribution in [0, 0.1) is 13.8 Å². The second-order valence-corrected chi connectivity index (χ2v) is 6.28. The van der Waals surface area contributed by atoms with Crippen LogP contribution in [0.4, 0.5) is 11.4 Å². The van der Waals surface area contributed by atoms with E-state index in [9.17, 15) is 9.59 Å². The average Bonchev–Trinajstić information content (AvgIpc) is 2.65. The van der Waals surface area contributed by atoms with Gasteiger partial charge >= 0.3 is 0 Å². The molecule has 2 heterocycles. The number of pyridine rings is 1. The molecule has 2 aromatic rings. The van der Waals surface area contributed by atoms with Crippen molar-refractivity contribution in [3.05, 3.63) is 53.3 Å². The molecule has 1 fully saturated rings. The Labute approximate surface area is 147 Å². The zero-order chi connectivity index (χ0) is 17.8. The molecule has 130 valence electrons. The first-order chi connectivity index (χ1) is 12.1. The van der Waals surface area contributed by atoms with Crippen molar-refractivity contribution in [2.75, 3.05) is 36.4 Å². The van der Waals surface area contributed by atoms with Gasteiger partial charge in [-0.05, 0) is 31.0 Å². The van der Waals surface area contributed by atoms with Crippen molar-refractivity contribution in [3.8, 4) is 0 Å². The van der Waals surface area contributed by atoms with Gasteiger partial charge in [0.15, 0.2) is 0 Å². The Hall–Kier alpha value is -2.89. The molecular weight excluding hydrogens is 316 g/mol. The number of carbonyl (C=O) groups is 2. The number of nitrogens with one attached hydrogen (secondary N) is 1. The van der Waals surface area contributed by atoms with Crippen molar-refractivity contribution in [2.24, 2.45) is 0 Å². The lowest BCUT2D eigenvalue weighted by molar-refractivity contribution is -0.118. The van der Waals surface area contributed by atoms with Crippen molar-refractivity contribution < 1.29 is 9.59 Å². The van der Waals surface area contributed by atoms with Crippen molar-refractivity contribution in [2.45, 2.75) is 13.8 Å². The van der Waals surface area contributed by atoms with Gasteiger partial charge in [-0.1, -0.05) is 18.2 Å². The first-order valence-electron chi connectivity index (χ1n) is 8.35. The number of nitrogens with zero attached hydrogens (tertiary/aromatic N) is 3. The molecule has 0 radical (unpaired) electrons. The van der Waals surface area contributed by atoms with Gasteiger partial charge in [0.1, 0.15) is 0 Å². The molecule has 25 heavy (non-hydrogen) atoms. The summed E-state index contributed by atoms with van der Waals surface area (Å²) in [5.41, 5.74) is 4.33. The van der Waals surface area contributed by atoms with Gasteiger partial charge in [-0.15, -0.1) is 0 Å². The van der Waals surface area contributed by atoms with E-state index in [1.807, 2.05) is 38.1 Å². The molecule has 1 aliphatic rings. The lowest BCUT2D eigenvalue weighted by Crippen LogP contribution is -2.45. The normalized spacial score (nSPS) is 14.3. The van der Waals surface area contributed by atoms with Crippen molar-refractivity contribution in [3.63, 3.8) is 0 Å². The largest absolute Gasteiger partial charge is 0.367 e. The van der Waals surface area contributed by atoms with E-state index in [0.717, 1.165) is 42.0 Å². The molecule has 1 saturated heterocycles. The van der Waals surface area contributed by atoms with Crippen LogP contribution < -0.4 is 10.2 Å². The van der Waals surface area contributed by atoms with E-state index in [2.05, 4.69) is 15.2 Å². The topological polar surface area (TPSA) is 65.5 Å². The van der Waals surface area contributed by atoms with Gasteiger partial charge in [0.25, 0.3) is 5.91 Å². The molecule has 6 nitrogen and oxygen atoms in total. The number of amides is 2. The van der Waals surface area contributed by atoms with Crippen molar-refractivity contribution in [1.29, 1.82) is 0 Å². The van der Waals surface area contributed by atoms with E-state index in [1.54, 1.807) is 17.3 Å². The van der Waals surface area contributed by atoms with E-state index in [1.165, 1.54) is 0 Å². The number of aromatic nitrogens is 1. The molecule has 0 saturated carbocycles. The molecule has 0 atom stereocenters. The van der Waals surface area contributed by atoms with Crippen LogP contribution in [-0.2, 0) is 4.79 Å². The fourth-order valence-electron chi connectivity index (χ4n) is 3.01. The number of carbonyl (C=O) groups excluding carboxylic acids is 2. The van der Waals surface area contributed by atoms with Crippen LogP contribution in [0.2, 0.25) is 0 Å². The summed E-state index contributed by atoms with van der Waals surface area (Å²) in [5, 5.41) is 2.99. The van der Waals surface area contributed by atoms with E-state index < -0.39 is 0 Å². The molecular formula is C19H22N4O2. The number of rotatable bonds is 4. The molecule has 1 N–H and O–H groups in total. The summed E-state index contributed by atoms with van der Waals surface area (Å²) in [6.07, 6.45) is 4.21. The standard InChI is InChI=1S/C19H22N4O2/c1-14-4-3-5-15(2)18(14)21-19(25)16-10-17(12-20-11-16)23-8-6-22(13-24)7-9-23/h3-5,10-13H,6-9H2,1-2H3,(H,21,25). The number of piperazine rings is 1. The lowest BCUT2D eigenvalue weighted by atomic mass is 10.1. The highest BCUT2D eigenvalue weighted by Crippen LogP contribution is 2.21. The Bertz CT molecular complexity index is 762. The number of hydrogen-bond acceptors (Lipinski definition) is 4. The molecule has 1 aromatic heterocycles. The number of aryl methyl sites for hydroxylation is 2. The van der Waals surface area contributed by atoms with Gasteiger partial charge in [-0.3, -0.25) is 14.6 Å². The fourth-order valence-corrected chi connectivity index (χ4v) is 3.01. The maximum atomic E-state index is 12.6. The molecule has 0 spiro atoms. The Morgan fingerprint density at radius 3 is 2.44 bits per heavy atom. The van der Waals surface area contributed by atoms with Gasteiger partial charge in [0.05, 0.1) is 17.4 Å². The quantitative estimate of drug-likeness (QED) is 0.868. The summed E-state index contributed by atoms with van der Waals surface area (Å²) in [4.78, 5) is 31.6. The monoisotopic (exact) mass is 338 g/mol.